The van der Waals surface area contributed by atoms with Crippen LogP contribution >= 0.6 is 0 Å². The lowest BCUT2D eigenvalue weighted by atomic mass is 10.1. The summed E-state index contributed by atoms with van der Waals surface area (Å²) in [5.41, 5.74) is 3.35. The molecule has 1 aromatic carbocycles. The summed E-state index contributed by atoms with van der Waals surface area (Å²) in [5.74, 6) is 0.628. The Labute approximate surface area is 151 Å². The predicted octanol–water partition coefficient (Wildman–Crippen LogP) is 3.38. The molecule has 0 unspecified atom stereocenters. The van der Waals surface area contributed by atoms with Gasteiger partial charge in [0.25, 0.3) is 11.5 Å². The lowest BCUT2D eigenvalue weighted by molar-refractivity contribution is 0.0924. The van der Waals surface area contributed by atoms with Crippen LogP contribution in [-0.2, 0) is 6.54 Å². The summed E-state index contributed by atoms with van der Waals surface area (Å²) in [6.45, 7) is 8.14. The van der Waals surface area contributed by atoms with Crippen molar-refractivity contribution in [1.29, 1.82) is 0 Å². The summed E-state index contributed by atoms with van der Waals surface area (Å²) >= 11 is 0. The second-order valence-electron chi connectivity index (χ2n) is 6.27. The molecule has 0 aliphatic rings. The SMILES string of the molecule is CCOc1ccc2oc(C(=O)NCc3c(C)cc(C)[nH]c3=O)c(C)c2c1. The van der Waals surface area contributed by atoms with Crippen molar-refractivity contribution in [3.63, 3.8) is 0 Å². The molecule has 2 heterocycles. The van der Waals surface area contributed by atoms with Crippen LogP contribution in [0.25, 0.3) is 11.0 Å². The number of hydrogen-bond donors (Lipinski definition) is 2. The molecule has 6 heteroatoms. The molecule has 136 valence electrons. The van der Waals surface area contributed by atoms with Crippen LogP contribution < -0.4 is 15.6 Å². The number of amides is 1. The minimum Gasteiger partial charge on any atom is -0.494 e. The van der Waals surface area contributed by atoms with Gasteiger partial charge in [0.15, 0.2) is 5.76 Å². The fourth-order valence-electron chi connectivity index (χ4n) is 3.02. The van der Waals surface area contributed by atoms with Gasteiger partial charge in [-0.05, 0) is 57.5 Å². The van der Waals surface area contributed by atoms with E-state index in [1.165, 1.54) is 0 Å². The number of aromatic amines is 1. The largest absolute Gasteiger partial charge is 0.494 e. The summed E-state index contributed by atoms with van der Waals surface area (Å²) in [7, 11) is 0. The second kappa shape index (κ2) is 7.07. The molecule has 0 saturated carbocycles. The molecule has 2 aromatic heterocycles. The Morgan fingerprint density at radius 3 is 2.69 bits per heavy atom. The van der Waals surface area contributed by atoms with Gasteiger partial charge < -0.3 is 19.5 Å². The zero-order valence-electron chi connectivity index (χ0n) is 15.4. The van der Waals surface area contributed by atoms with Crippen LogP contribution in [0, 0.1) is 20.8 Å². The molecule has 0 radical (unpaired) electrons. The molecular weight excluding hydrogens is 332 g/mol. The highest BCUT2D eigenvalue weighted by Gasteiger charge is 2.18. The number of H-pyrrole nitrogens is 1. The number of benzene rings is 1. The van der Waals surface area contributed by atoms with Crippen molar-refractivity contribution in [3.05, 3.63) is 62.8 Å². The van der Waals surface area contributed by atoms with Crippen molar-refractivity contribution in [2.75, 3.05) is 6.61 Å². The molecule has 2 N–H and O–H groups in total. The predicted molar refractivity (Wildman–Crippen MR) is 99.8 cm³/mol. The van der Waals surface area contributed by atoms with Crippen LogP contribution in [0.5, 0.6) is 5.75 Å². The average molecular weight is 354 g/mol. The van der Waals surface area contributed by atoms with Crippen LogP contribution in [0.2, 0.25) is 0 Å². The zero-order valence-corrected chi connectivity index (χ0v) is 15.4. The second-order valence-corrected chi connectivity index (χ2v) is 6.27. The third-order valence-corrected chi connectivity index (χ3v) is 4.34. The third kappa shape index (κ3) is 3.35. The number of ether oxygens (including phenoxy) is 1. The van der Waals surface area contributed by atoms with Gasteiger partial charge in [0.2, 0.25) is 0 Å². The minimum absolute atomic E-state index is 0.140. The van der Waals surface area contributed by atoms with Crippen molar-refractivity contribution in [1.82, 2.24) is 10.3 Å². The molecule has 0 bridgehead atoms. The lowest BCUT2D eigenvalue weighted by Gasteiger charge is -2.07. The van der Waals surface area contributed by atoms with E-state index in [0.29, 0.717) is 17.8 Å². The van der Waals surface area contributed by atoms with Crippen LogP contribution in [-0.4, -0.2) is 17.5 Å². The van der Waals surface area contributed by atoms with E-state index >= 15 is 0 Å². The van der Waals surface area contributed by atoms with Crippen molar-refractivity contribution in [3.8, 4) is 5.75 Å². The Kier molecular flexibility index (Phi) is 4.84. The number of aryl methyl sites for hydroxylation is 3. The molecular formula is C20H22N2O4. The first-order valence-electron chi connectivity index (χ1n) is 8.54. The minimum atomic E-state index is -0.351. The molecule has 0 spiro atoms. The van der Waals surface area contributed by atoms with Crippen molar-refractivity contribution in [2.24, 2.45) is 0 Å². The molecule has 26 heavy (non-hydrogen) atoms. The first kappa shape index (κ1) is 17.8. The number of carbonyl (C=O) groups is 1. The van der Waals surface area contributed by atoms with Crippen LogP contribution in [0.4, 0.5) is 0 Å². The Balaban J connectivity index is 1.84. The highest BCUT2D eigenvalue weighted by atomic mass is 16.5. The van der Waals surface area contributed by atoms with E-state index in [1.54, 1.807) is 6.07 Å². The maximum atomic E-state index is 12.6. The molecule has 6 nitrogen and oxygen atoms in total. The van der Waals surface area contributed by atoms with Gasteiger partial charge in [-0.3, -0.25) is 9.59 Å². The number of rotatable bonds is 5. The van der Waals surface area contributed by atoms with Gasteiger partial charge in [0.1, 0.15) is 11.3 Å². The third-order valence-electron chi connectivity index (χ3n) is 4.34. The fourth-order valence-corrected chi connectivity index (χ4v) is 3.02. The highest BCUT2D eigenvalue weighted by Crippen LogP contribution is 2.28. The molecule has 0 saturated heterocycles. The number of hydrogen-bond acceptors (Lipinski definition) is 4. The first-order valence-corrected chi connectivity index (χ1v) is 8.54. The lowest BCUT2D eigenvalue weighted by Crippen LogP contribution is -2.28. The number of furan rings is 1. The topological polar surface area (TPSA) is 84.3 Å². The number of fused-ring (bicyclic) bond motifs is 1. The number of carbonyl (C=O) groups excluding carboxylic acids is 1. The van der Waals surface area contributed by atoms with E-state index in [4.69, 9.17) is 9.15 Å². The number of pyridine rings is 1. The fraction of sp³-hybridized carbons (Fsp3) is 0.300. The van der Waals surface area contributed by atoms with Gasteiger partial charge in [-0.1, -0.05) is 0 Å². The van der Waals surface area contributed by atoms with Gasteiger partial charge in [-0.15, -0.1) is 0 Å². The van der Waals surface area contributed by atoms with E-state index in [2.05, 4.69) is 10.3 Å². The summed E-state index contributed by atoms with van der Waals surface area (Å²) in [4.78, 5) is 27.4. The van der Waals surface area contributed by atoms with Gasteiger partial charge in [-0.25, -0.2) is 0 Å². The molecule has 0 atom stereocenters. The van der Waals surface area contributed by atoms with Gasteiger partial charge in [-0.2, -0.15) is 0 Å². The molecule has 0 fully saturated rings. The molecule has 0 aliphatic carbocycles. The Bertz CT molecular complexity index is 1030. The maximum absolute atomic E-state index is 12.6. The van der Waals surface area contributed by atoms with E-state index in [1.807, 2.05) is 45.9 Å². The summed E-state index contributed by atoms with van der Waals surface area (Å²) < 4.78 is 11.2. The number of aromatic nitrogens is 1. The van der Waals surface area contributed by atoms with Crippen molar-refractivity contribution in [2.45, 2.75) is 34.2 Å². The van der Waals surface area contributed by atoms with Crippen LogP contribution in [0.15, 0.2) is 33.5 Å². The smallest absolute Gasteiger partial charge is 0.287 e. The van der Waals surface area contributed by atoms with E-state index in [9.17, 15) is 9.59 Å². The summed E-state index contributed by atoms with van der Waals surface area (Å²) in [6, 6.07) is 7.35. The Morgan fingerprint density at radius 2 is 2.00 bits per heavy atom. The highest BCUT2D eigenvalue weighted by molar-refractivity contribution is 5.99. The Morgan fingerprint density at radius 1 is 1.23 bits per heavy atom. The van der Waals surface area contributed by atoms with E-state index in [-0.39, 0.29) is 23.8 Å². The van der Waals surface area contributed by atoms with Crippen LogP contribution in [0.3, 0.4) is 0 Å². The first-order chi connectivity index (χ1) is 12.4. The zero-order chi connectivity index (χ0) is 18.8. The number of nitrogens with one attached hydrogen (secondary N) is 2. The standard InChI is InChI=1S/C20H22N2O4/c1-5-25-14-6-7-17-15(9-14)13(4)18(26-17)20(24)21-10-16-11(2)8-12(3)22-19(16)23/h6-9H,5,10H2,1-4H3,(H,21,24)(H,22,23). The average Bonchev–Trinajstić information content (AvgIpc) is 2.91. The monoisotopic (exact) mass is 354 g/mol. The van der Waals surface area contributed by atoms with Gasteiger partial charge in [0.05, 0.1) is 6.61 Å². The Hall–Kier alpha value is -3.02. The molecule has 1 amide bonds. The molecule has 3 rings (SSSR count). The van der Waals surface area contributed by atoms with E-state index < -0.39 is 0 Å². The quantitative estimate of drug-likeness (QED) is 0.736. The van der Waals surface area contributed by atoms with E-state index in [0.717, 1.165) is 28.0 Å². The molecule has 0 aliphatic heterocycles. The molecule has 3 aromatic rings. The van der Waals surface area contributed by atoms with Crippen LogP contribution in [0.1, 0.15) is 39.9 Å². The maximum Gasteiger partial charge on any atom is 0.287 e. The van der Waals surface area contributed by atoms with Crippen molar-refractivity contribution >= 4 is 16.9 Å². The van der Waals surface area contributed by atoms with Gasteiger partial charge in [0, 0.05) is 28.8 Å². The summed E-state index contributed by atoms with van der Waals surface area (Å²) in [5, 5.41) is 3.61. The summed E-state index contributed by atoms with van der Waals surface area (Å²) in [6.07, 6.45) is 0. The van der Waals surface area contributed by atoms with Crippen molar-refractivity contribution < 1.29 is 13.9 Å². The normalized spacial score (nSPS) is 10.9. The van der Waals surface area contributed by atoms with Gasteiger partial charge >= 0.3 is 0 Å².